The van der Waals surface area contributed by atoms with E-state index in [2.05, 4.69) is 57.0 Å². The molecule has 0 saturated carbocycles. The second-order valence-corrected chi connectivity index (χ2v) is 16.8. The summed E-state index contributed by atoms with van der Waals surface area (Å²) in [6, 6.07) is 20.2. The number of nitro benzene ring substituents is 1. The summed E-state index contributed by atoms with van der Waals surface area (Å²) in [5.41, 5.74) is 6.54. The Morgan fingerprint density at radius 1 is 1.05 bits per heavy atom. The number of carbonyl (C=O) groups is 1. The highest BCUT2D eigenvalue weighted by atomic mass is 35.5. The van der Waals surface area contributed by atoms with Crippen LogP contribution >= 0.6 is 11.6 Å². The largest absolute Gasteiger partial charge is 0.455 e. The Morgan fingerprint density at radius 3 is 2.56 bits per heavy atom. The highest BCUT2D eigenvalue weighted by Gasteiger charge is 2.30. The number of benzene rings is 3. The third-order valence-corrected chi connectivity index (χ3v) is 11.8. The molecule has 3 heterocycles. The number of rotatable bonds is 11. The minimum atomic E-state index is -4.51. The van der Waals surface area contributed by atoms with E-state index < -0.39 is 31.4 Å². The first-order chi connectivity index (χ1) is 26.3. The molecule has 0 saturated heterocycles. The van der Waals surface area contributed by atoms with Crippen molar-refractivity contribution in [2.45, 2.75) is 44.4 Å². The van der Waals surface area contributed by atoms with Gasteiger partial charge in [-0.2, -0.15) is 0 Å². The van der Waals surface area contributed by atoms with Crippen LogP contribution in [0.3, 0.4) is 0 Å². The Kier molecular flexibility index (Phi) is 10.5. The summed E-state index contributed by atoms with van der Waals surface area (Å²) in [4.78, 5) is 34.0. The Hall–Kier alpha value is -5.50. The van der Waals surface area contributed by atoms with Crippen LogP contribution in [0.5, 0.6) is 11.5 Å². The first-order valence-corrected chi connectivity index (χ1v) is 19.8. The summed E-state index contributed by atoms with van der Waals surface area (Å²) in [6.07, 6.45) is 9.40. The van der Waals surface area contributed by atoms with Gasteiger partial charge in [-0.3, -0.25) is 19.8 Å². The van der Waals surface area contributed by atoms with Crippen molar-refractivity contribution in [3.05, 3.63) is 129 Å². The number of amides is 1. The van der Waals surface area contributed by atoms with E-state index in [0.29, 0.717) is 11.4 Å². The van der Waals surface area contributed by atoms with Gasteiger partial charge in [-0.1, -0.05) is 55.3 Å². The van der Waals surface area contributed by atoms with Crippen molar-refractivity contribution in [1.82, 2.24) is 19.6 Å². The highest BCUT2D eigenvalue weighted by molar-refractivity contribution is 7.90. The molecule has 14 heteroatoms. The second kappa shape index (κ2) is 15.3. The quantitative estimate of drug-likeness (QED) is 0.0879. The van der Waals surface area contributed by atoms with Gasteiger partial charge in [-0.15, -0.1) is 0 Å². The average molecular weight is 781 g/mol. The number of carbonyl (C=O) groups excluding carboxylic acids is 1. The maximum atomic E-state index is 13.7. The number of hydrogen-bond donors (Lipinski definition) is 3. The van der Waals surface area contributed by atoms with E-state index in [1.54, 1.807) is 24.4 Å². The molecule has 1 amide bonds. The smallest absolute Gasteiger partial charge is 0.293 e. The lowest BCUT2D eigenvalue weighted by molar-refractivity contribution is -0.384. The third kappa shape index (κ3) is 8.44. The number of hydrogen-bond acceptors (Lipinski definition) is 9. The minimum Gasteiger partial charge on any atom is -0.455 e. The molecule has 284 valence electrons. The van der Waals surface area contributed by atoms with Crippen LogP contribution in [0.4, 0.5) is 11.4 Å². The van der Waals surface area contributed by atoms with E-state index in [9.17, 15) is 23.3 Å². The van der Waals surface area contributed by atoms with Crippen LogP contribution in [0.1, 0.15) is 61.0 Å². The van der Waals surface area contributed by atoms with Crippen LogP contribution in [-0.4, -0.2) is 60.8 Å². The molecule has 2 aromatic heterocycles. The molecule has 0 spiro atoms. The molecule has 0 radical (unpaired) electrons. The molecular formula is C41H41ClN6O6S. The minimum absolute atomic E-state index is 0.0391. The first kappa shape index (κ1) is 37.8. The van der Waals surface area contributed by atoms with Gasteiger partial charge < -0.3 is 15.0 Å². The molecule has 12 nitrogen and oxygen atoms in total. The fourth-order valence-corrected chi connectivity index (χ4v) is 8.34. The lowest BCUT2D eigenvalue weighted by atomic mass is 9.72. The van der Waals surface area contributed by atoms with E-state index in [1.807, 2.05) is 18.2 Å². The predicted molar refractivity (Wildman–Crippen MR) is 215 cm³/mol. The molecule has 7 rings (SSSR count). The van der Waals surface area contributed by atoms with Crippen LogP contribution in [-0.2, 0) is 10.0 Å². The number of allylic oxidation sites excluding steroid dienone is 1. The summed E-state index contributed by atoms with van der Waals surface area (Å²) in [5.74, 6) is -0.477. The monoisotopic (exact) mass is 780 g/mol. The summed E-state index contributed by atoms with van der Waals surface area (Å²) in [6.45, 7) is 7.09. The van der Waals surface area contributed by atoms with Crippen molar-refractivity contribution in [2.24, 2.45) is 5.41 Å². The number of sulfonamides is 1. The number of aromatic nitrogens is 2. The lowest BCUT2D eigenvalue weighted by Gasteiger charge is -2.36. The summed E-state index contributed by atoms with van der Waals surface area (Å²) < 4.78 is 35.0. The molecule has 3 aromatic carbocycles. The molecule has 0 bridgehead atoms. The number of nitrogens with zero attached hydrogens (tertiary/aromatic N) is 3. The van der Waals surface area contributed by atoms with Gasteiger partial charge in [0.15, 0.2) is 0 Å². The average Bonchev–Trinajstić information content (AvgIpc) is 3.64. The Balaban J connectivity index is 1.15. The zero-order chi connectivity index (χ0) is 38.9. The van der Waals surface area contributed by atoms with Gasteiger partial charge in [-0.25, -0.2) is 18.1 Å². The molecule has 55 heavy (non-hydrogen) atoms. The van der Waals surface area contributed by atoms with E-state index in [-0.39, 0.29) is 22.4 Å². The number of fused-ring (bicyclic) bond motifs is 1. The number of aromatic amines is 1. The molecule has 3 N–H and O–H groups in total. The van der Waals surface area contributed by atoms with Crippen molar-refractivity contribution in [3.63, 3.8) is 0 Å². The Morgan fingerprint density at radius 2 is 1.84 bits per heavy atom. The molecule has 1 aliphatic heterocycles. The maximum absolute atomic E-state index is 13.7. The zero-order valence-corrected chi connectivity index (χ0v) is 32.3. The van der Waals surface area contributed by atoms with E-state index >= 15 is 0 Å². The van der Waals surface area contributed by atoms with Gasteiger partial charge >= 0.3 is 0 Å². The van der Waals surface area contributed by atoms with E-state index in [1.165, 1.54) is 48.2 Å². The summed E-state index contributed by atoms with van der Waals surface area (Å²) >= 11 is 6.22. The molecule has 2 aliphatic rings. The molecular weight excluding hydrogens is 740 g/mol. The fraction of sp³-hybridized carbons (Fsp3) is 0.268. The van der Waals surface area contributed by atoms with Crippen molar-refractivity contribution in [1.29, 1.82) is 0 Å². The number of nitrogens with one attached hydrogen (secondary N) is 3. The Bertz CT molecular complexity index is 2470. The fourth-order valence-electron chi connectivity index (χ4n) is 7.22. The van der Waals surface area contributed by atoms with Gasteiger partial charge in [0, 0.05) is 49.4 Å². The molecule has 1 aliphatic carbocycles. The standard InChI is InChI=1S/C41H41ClN6O6S/c1-41(2)16-12-30(35(23-41)27-4-7-31(42)8-5-27)25-47-18-14-26(15-19-47)28-6-10-34(38(21-28)54-32-20-29-13-17-44-39(29)45-24-32)40(49)46-55(52,53)33-9-11-36(43-3)37(22-33)48(50)51/h4-11,13-14,17,20-22,24,43H,12,15-16,18-19,23,25H2,1-3H3,(H,44,45)(H,46,49). The summed E-state index contributed by atoms with van der Waals surface area (Å²) in [5, 5.41) is 15.8. The Labute approximate surface area is 324 Å². The number of H-pyrrole nitrogens is 1. The van der Waals surface area contributed by atoms with Gasteiger partial charge in [0.2, 0.25) is 0 Å². The van der Waals surface area contributed by atoms with Crippen LogP contribution in [0.25, 0.3) is 22.2 Å². The van der Waals surface area contributed by atoms with Gasteiger partial charge in [0.1, 0.15) is 22.8 Å². The van der Waals surface area contributed by atoms with Crippen molar-refractivity contribution < 1.29 is 22.9 Å². The van der Waals surface area contributed by atoms with Crippen molar-refractivity contribution in [3.8, 4) is 11.5 Å². The van der Waals surface area contributed by atoms with Crippen molar-refractivity contribution >= 4 is 61.1 Å². The predicted octanol–water partition coefficient (Wildman–Crippen LogP) is 8.83. The molecule has 5 aromatic rings. The molecule has 0 atom stereocenters. The number of ether oxygens (including phenoxy) is 1. The van der Waals surface area contributed by atoms with Crippen LogP contribution < -0.4 is 14.8 Å². The second-order valence-electron chi connectivity index (χ2n) is 14.7. The van der Waals surface area contributed by atoms with Gasteiger partial charge in [0.25, 0.3) is 21.6 Å². The van der Waals surface area contributed by atoms with Gasteiger partial charge in [-0.05, 0) is 102 Å². The lowest BCUT2D eigenvalue weighted by Crippen LogP contribution is -2.32. The number of nitro groups is 1. The number of anilines is 1. The van der Waals surface area contributed by atoms with E-state index in [4.69, 9.17) is 16.3 Å². The van der Waals surface area contributed by atoms with Crippen LogP contribution in [0, 0.1) is 15.5 Å². The normalized spacial score (nSPS) is 16.1. The van der Waals surface area contributed by atoms with Crippen LogP contribution in [0.15, 0.2) is 102 Å². The molecule has 0 fully saturated rings. The van der Waals surface area contributed by atoms with Crippen LogP contribution in [0.2, 0.25) is 5.02 Å². The summed E-state index contributed by atoms with van der Waals surface area (Å²) in [7, 11) is -3.02. The highest BCUT2D eigenvalue weighted by Crippen LogP contribution is 2.43. The van der Waals surface area contributed by atoms with Gasteiger partial charge in [0.05, 0.1) is 21.6 Å². The first-order valence-electron chi connectivity index (χ1n) is 18.0. The zero-order valence-electron chi connectivity index (χ0n) is 30.7. The number of pyridine rings is 1. The SMILES string of the molecule is CNc1ccc(S(=O)(=O)NC(=O)c2ccc(C3=CCN(CC4=C(c5ccc(Cl)cc5)CC(C)(C)CC4)CC3)cc2Oc2cnc3[nH]ccc3c2)cc1[N+](=O)[O-]. The maximum Gasteiger partial charge on any atom is 0.293 e. The van der Waals surface area contributed by atoms with E-state index in [0.717, 1.165) is 72.9 Å². The topological polar surface area (TPSA) is 160 Å². The van der Waals surface area contributed by atoms with Crippen molar-refractivity contribution in [2.75, 3.05) is 32.0 Å². The number of halogens is 1. The molecule has 0 unspecified atom stereocenters. The third-order valence-electron chi connectivity index (χ3n) is 10.3.